The van der Waals surface area contributed by atoms with Gasteiger partial charge in [0.05, 0.1) is 0 Å². The van der Waals surface area contributed by atoms with Gasteiger partial charge in [0.1, 0.15) is 12.7 Å². The molecule has 1 fully saturated rings. The van der Waals surface area contributed by atoms with E-state index in [1.807, 2.05) is 0 Å². The van der Waals surface area contributed by atoms with E-state index < -0.39 is 70.8 Å². The first-order valence-corrected chi connectivity index (χ1v) is 8.87. The first-order valence-electron chi connectivity index (χ1n) is 7.46. The minimum Gasteiger partial charge on any atom is -0.463 e. The van der Waals surface area contributed by atoms with E-state index in [2.05, 4.69) is 8.92 Å². The molecule has 1 rings (SSSR count). The van der Waals surface area contributed by atoms with Gasteiger partial charge < -0.3 is 24.1 Å². The van der Waals surface area contributed by atoms with Crippen molar-refractivity contribution in [3.8, 4) is 0 Å². The van der Waals surface area contributed by atoms with E-state index in [-0.39, 0.29) is 0 Å². The van der Waals surface area contributed by atoms with E-state index >= 15 is 0 Å². The summed E-state index contributed by atoms with van der Waals surface area (Å²) in [6.07, 6.45) is -10.1. The van der Waals surface area contributed by atoms with Crippen LogP contribution in [0.5, 0.6) is 0 Å². The van der Waals surface area contributed by atoms with Gasteiger partial charge in [-0.25, -0.2) is 0 Å². The Bertz CT molecular complexity index is 705. The van der Waals surface area contributed by atoms with E-state index in [1.165, 1.54) is 0 Å². The third-order valence-corrected chi connectivity index (χ3v) is 4.23. The molecule has 0 aromatic heterocycles. The highest BCUT2D eigenvalue weighted by Crippen LogP contribution is 2.33. The summed E-state index contributed by atoms with van der Waals surface area (Å²) in [6.45, 7) is 2.05. The monoisotopic (exact) mass is 438 g/mol. The molecule has 1 aliphatic heterocycles. The van der Waals surface area contributed by atoms with Gasteiger partial charge in [-0.3, -0.25) is 18.6 Å². The summed E-state index contributed by atoms with van der Waals surface area (Å²) in [5.74, 6) is -2.96. The van der Waals surface area contributed by atoms with Crippen molar-refractivity contribution in [2.75, 3.05) is 6.61 Å². The summed E-state index contributed by atoms with van der Waals surface area (Å²) in [7, 11) is -6.25. The number of carbonyl (C=O) groups excluding carboxylic acids is 3. The predicted molar refractivity (Wildman–Crippen MR) is 78.5 cm³/mol. The number of aliphatic hydroxyl groups is 1. The fourth-order valence-electron chi connectivity index (χ4n) is 2.19. The molecule has 0 unspecified atom stereocenters. The molecule has 0 bridgehead atoms. The number of esters is 3. The second-order valence-electron chi connectivity index (χ2n) is 5.48. The number of rotatable bonds is 6. The zero-order valence-corrected chi connectivity index (χ0v) is 15.5. The lowest BCUT2D eigenvalue weighted by molar-refractivity contribution is -0.288. The second-order valence-corrected chi connectivity index (χ2v) is 7.04. The number of hydrogen-bond donors (Lipinski definition) is 1. The number of aliphatic hydroxyl groups excluding tert-OH is 1. The average molecular weight is 438 g/mol. The maximum Gasteiger partial charge on any atom is 0.523 e. The molecule has 1 heterocycles. The van der Waals surface area contributed by atoms with Crippen LogP contribution in [0.4, 0.5) is 13.2 Å². The van der Waals surface area contributed by atoms with E-state index in [4.69, 9.17) is 14.2 Å². The number of carbonyl (C=O) groups is 3. The Balaban J connectivity index is 3.29. The van der Waals surface area contributed by atoms with Gasteiger partial charge in [-0.05, 0) is 0 Å². The summed E-state index contributed by atoms with van der Waals surface area (Å²) in [5.41, 5.74) is -5.86. The topological polar surface area (TPSA) is 152 Å². The minimum absolute atomic E-state index is 0.666. The van der Waals surface area contributed by atoms with Crippen LogP contribution in [0.2, 0.25) is 0 Å². The van der Waals surface area contributed by atoms with Crippen LogP contribution in [0.25, 0.3) is 0 Å². The molecule has 0 aromatic carbocycles. The fraction of sp³-hybridized carbons (Fsp3) is 0.769. The van der Waals surface area contributed by atoms with Crippen LogP contribution in [0.3, 0.4) is 0 Å². The Hall–Kier alpha value is -1.97. The van der Waals surface area contributed by atoms with Crippen molar-refractivity contribution >= 4 is 28.0 Å². The van der Waals surface area contributed by atoms with Crippen LogP contribution in [-0.2, 0) is 47.6 Å². The molecule has 0 aromatic rings. The number of alkyl halides is 3. The Morgan fingerprint density at radius 3 is 1.89 bits per heavy atom. The average Bonchev–Trinajstić information content (AvgIpc) is 2.49. The van der Waals surface area contributed by atoms with Crippen molar-refractivity contribution in [1.82, 2.24) is 0 Å². The molecule has 1 saturated heterocycles. The summed E-state index contributed by atoms with van der Waals surface area (Å²) in [6, 6.07) is 0. The lowest BCUT2D eigenvalue weighted by atomic mass is 9.98. The van der Waals surface area contributed by atoms with Crippen molar-refractivity contribution in [3.05, 3.63) is 0 Å². The zero-order valence-electron chi connectivity index (χ0n) is 14.7. The first-order chi connectivity index (χ1) is 12.7. The van der Waals surface area contributed by atoms with Gasteiger partial charge in [0, 0.05) is 20.8 Å². The molecule has 0 amide bonds. The molecule has 0 spiro atoms. The summed E-state index contributed by atoms with van der Waals surface area (Å²) in [4.78, 5) is 33.6. The number of hydrogen-bond acceptors (Lipinski definition) is 11. The molecule has 1 N–H and O–H groups in total. The fourth-order valence-corrected chi connectivity index (χ4v) is 2.80. The van der Waals surface area contributed by atoms with Gasteiger partial charge in [0.15, 0.2) is 24.6 Å². The van der Waals surface area contributed by atoms with Crippen molar-refractivity contribution in [3.63, 3.8) is 0 Å². The predicted octanol–water partition coefficient (Wildman–Crippen LogP) is -0.635. The van der Waals surface area contributed by atoms with Crippen molar-refractivity contribution in [2.24, 2.45) is 0 Å². The molecule has 0 aliphatic carbocycles. The van der Waals surface area contributed by atoms with E-state index in [1.54, 1.807) is 0 Å². The van der Waals surface area contributed by atoms with Crippen LogP contribution < -0.4 is 0 Å². The summed E-state index contributed by atoms with van der Waals surface area (Å²) < 4.78 is 83.5. The summed E-state index contributed by atoms with van der Waals surface area (Å²) >= 11 is 0. The molecule has 28 heavy (non-hydrogen) atoms. The molecule has 162 valence electrons. The van der Waals surface area contributed by atoms with Crippen molar-refractivity contribution in [1.29, 1.82) is 0 Å². The van der Waals surface area contributed by atoms with Gasteiger partial charge in [-0.1, -0.05) is 0 Å². The molecular weight excluding hydrogens is 421 g/mol. The zero-order chi connectivity index (χ0) is 21.9. The maximum atomic E-state index is 12.6. The van der Waals surface area contributed by atoms with Crippen LogP contribution >= 0.6 is 0 Å². The molecule has 0 saturated carbocycles. The largest absolute Gasteiger partial charge is 0.523 e. The van der Waals surface area contributed by atoms with Crippen LogP contribution in [0, 0.1) is 0 Å². The Labute approximate surface area is 156 Å². The molecule has 15 heteroatoms. The summed E-state index contributed by atoms with van der Waals surface area (Å²) in [5, 5.41) is 9.92. The second kappa shape index (κ2) is 9.02. The lowest BCUT2D eigenvalue weighted by Crippen LogP contribution is -2.62. The van der Waals surface area contributed by atoms with E-state index in [0.29, 0.717) is 0 Å². The Morgan fingerprint density at radius 2 is 1.46 bits per heavy atom. The van der Waals surface area contributed by atoms with Crippen molar-refractivity contribution in [2.45, 2.75) is 57.0 Å². The van der Waals surface area contributed by atoms with Gasteiger partial charge in [0.2, 0.25) is 0 Å². The van der Waals surface area contributed by atoms with E-state index in [0.717, 1.165) is 20.8 Å². The highest BCUT2D eigenvalue weighted by atomic mass is 32.2. The standard InChI is InChI=1S/C13H17F3O11S/c1-5(17)23-4-8-9(24-6(2)18)10(25-7(3)19)11(12(20)26-8)27-28(21,22)13(14,15)16/h8-12,20H,4H2,1-3H3/t8-,9-,10+,11-,12-/m1/s1. The number of ether oxygens (including phenoxy) is 4. The normalized spacial score (nSPS) is 28.3. The maximum absolute atomic E-state index is 12.6. The first kappa shape index (κ1) is 24.1. The smallest absolute Gasteiger partial charge is 0.463 e. The van der Waals surface area contributed by atoms with Crippen molar-refractivity contribution < 1.29 is 64.2 Å². The van der Waals surface area contributed by atoms with E-state index in [9.17, 15) is 41.1 Å². The highest BCUT2D eigenvalue weighted by molar-refractivity contribution is 7.87. The molecule has 5 atom stereocenters. The SMILES string of the molecule is CC(=O)OC[C@H]1O[C@@H](O)[C@H](OS(=O)(=O)C(F)(F)F)[C@@H](OC(C)=O)[C@@H]1OC(C)=O. The minimum atomic E-state index is -6.25. The Morgan fingerprint density at radius 1 is 0.964 bits per heavy atom. The van der Waals surface area contributed by atoms with Gasteiger partial charge in [-0.2, -0.15) is 21.6 Å². The lowest BCUT2D eigenvalue weighted by Gasteiger charge is -2.42. The van der Waals surface area contributed by atoms with Crippen LogP contribution in [-0.4, -0.2) is 74.3 Å². The number of halogens is 3. The third kappa shape index (κ3) is 6.29. The van der Waals surface area contributed by atoms with Gasteiger partial charge >= 0.3 is 33.5 Å². The molecule has 0 radical (unpaired) electrons. The van der Waals surface area contributed by atoms with Gasteiger partial charge in [-0.15, -0.1) is 0 Å². The quantitative estimate of drug-likeness (QED) is 0.244. The highest BCUT2D eigenvalue weighted by Gasteiger charge is 2.56. The van der Waals surface area contributed by atoms with Gasteiger partial charge in [0.25, 0.3) is 0 Å². The molecule has 11 nitrogen and oxygen atoms in total. The molecule has 1 aliphatic rings. The molecular formula is C13H17F3O11S. The van der Waals surface area contributed by atoms with Crippen LogP contribution in [0.15, 0.2) is 0 Å². The Kier molecular flexibility index (Phi) is 7.75. The third-order valence-electron chi connectivity index (χ3n) is 3.19. The van der Waals surface area contributed by atoms with Crippen LogP contribution in [0.1, 0.15) is 20.8 Å².